The second kappa shape index (κ2) is 18.6. The smallest absolute Gasteiger partial charge is 0.253 e. The van der Waals surface area contributed by atoms with E-state index in [0.717, 1.165) is 0 Å². The third-order valence-corrected chi connectivity index (χ3v) is 14.9. The number of fused-ring (bicyclic) bond motifs is 2. The van der Waals surface area contributed by atoms with Crippen LogP contribution < -0.4 is 32.1 Å². The molecule has 0 radical (unpaired) electrons. The molecule has 0 aliphatic heterocycles. The Balaban J connectivity index is 0.684. The molecule has 4 aliphatic carbocycles. The average Bonchev–Trinajstić information content (AvgIpc) is 4.25. The maximum absolute atomic E-state index is 12.9. The van der Waals surface area contributed by atoms with Gasteiger partial charge < -0.3 is 61.0 Å². The van der Waals surface area contributed by atoms with E-state index in [1.165, 1.54) is 34.6 Å². The van der Waals surface area contributed by atoms with Crippen LogP contribution in [0.4, 0.5) is 23.0 Å². The highest BCUT2D eigenvalue weighted by molar-refractivity contribution is 6.29. The Kier molecular flexibility index (Phi) is 12.3. The third kappa shape index (κ3) is 8.37. The monoisotopic (exact) mass is 1000 g/mol. The van der Waals surface area contributed by atoms with Crippen LogP contribution in [-0.4, -0.2) is 148 Å². The van der Waals surface area contributed by atoms with Crippen molar-refractivity contribution in [1.82, 2.24) is 69.0 Å². The molecule has 70 heavy (non-hydrogen) atoms. The van der Waals surface area contributed by atoms with E-state index in [9.17, 15) is 40.2 Å². The lowest BCUT2D eigenvalue weighted by Crippen LogP contribution is -2.43. The highest BCUT2D eigenvalue weighted by Crippen LogP contribution is 2.42. The van der Waals surface area contributed by atoms with E-state index in [2.05, 4.69) is 71.6 Å². The Bertz CT molecular complexity index is 2900. The molecular formula is C42H50Cl2N18O8. The Hall–Kier alpha value is -6.00. The number of aromatic nitrogens is 14. The van der Waals surface area contributed by atoms with E-state index >= 15 is 0 Å². The molecule has 370 valence electrons. The Morgan fingerprint density at radius 2 is 0.886 bits per heavy atom. The van der Waals surface area contributed by atoms with Gasteiger partial charge in [0.1, 0.15) is 59.3 Å². The number of aliphatic hydroxyl groups is 6. The molecule has 1 aromatic carbocycles. The molecule has 4 fully saturated rings. The maximum atomic E-state index is 12.9. The lowest BCUT2D eigenvalue weighted by molar-refractivity contribution is 0.00491. The molecule has 0 saturated heterocycles. The summed E-state index contributed by atoms with van der Waals surface area (Å²) >= 11 is 12.9. The van der Waals surface area contributed by atoms with Crippen LogP contribution in [0.25, 0.3) is 22.3 Å². The standard InChI is InChI=1S/C42H50Cl2N18O8/c43-41-53-37(29-39(55-41)59(15-45-29)23-9-25(33(67)31(23)65)61-47-11-21(13-63)57-61)51-19-5-1-17(2-6-19)49-27-28(36(70)35(27)69)50-18-3-7-20(8-4-18)52-38-30-40(56-42(44)54-38)60(16-46-30)24-10-26(34(68)32(24)66)62-48-12-22(14-64)58-62/h11-12,15-20,23-26,31-34,49-50,63-68H,1-10,13-14H2,(H,51,53,55)(H,52,54,56)/t17-,18-,19-,20-,23-,24-,25+,26+,31+,32+,33-,34-/m1/s1. The van der Waals surface area contributed by atoms with E-state index in [-0.39, 0.29) is 60.8 Å². The highest BCUT2D eigenvalue weighted by Gasteiger charge is 2.47. The van der Waals surface area contributed by atoms with Crippen molar-refractivity contribution in [2.24, 2.45) is 0 Å². The number of anilines is 4. The number of imidazole rings is 2. The summed E-state index contributed by atoms with van der Waals surface area (Å²) in [7, 11) is 0. The van der Waals surface area contributed by atoms with Gasteiger partial charge in [0, 0.05) is 24.2 Å². The van der Waals surface area contributed by atoms with Gasteiger partial charge in [0.2, 0.25) is 10.6 Å². The van der Waals surface area contributed by atoms with Gasteiger partial charge in [-0.05, 0) is 87.4 Å². The first-order chi connectivity index (χ1) is 33.8. The lowest BCUT2D eigenvalue weighted by atomic mass is 9.90. The van der Waals surface area contributed by atoms with Gasteiger partial charge in [-0.2, -0.15) is 49.9 Å². The van der Waals surface area contributed by atoms with Gasteiger partial charge >= 0.3 is 0 Å². The number of aliphatic hydroxyl groups excluding tert-OH is 6. The van der Waals surface area contributed by atoms with E-state index in [4.69, 9.17) is 23.2 Å². The van der Waals surface area contributed by atoms with Gasteiger partial charge in [0.15, 0.2) is 34.0 Å². The van der Waals surface area contributed by atoms with Crippen LogP contribution in [0.15, 0.2) is 34.6 Å². The summed E-state index contributed by atoms with van der Waals surface area (Å²) in [5.41, 5.74) is 1.89. The fourth-order valence-corrected chi connectivity index (χ4v) is 11.1. The van der Waals surface area contributed by atoms with Crippen LogP contribution in [0.5, 0.6) is 0 Å². The molecular weight excluding hydrogens is 955 g/mol. The van der Waals surface area contributed by atoms with Crippen molar-refractivity contribution in [3.8, 4) is 0 Å². The first-order valence-electron chi connectivity index (χ1n) is 23.3. The van der Waals surface area contributed by atoms with Crippen LogP contribution in [0.2, 0.25) is 10.6 Å². The first kappa shape index (κ1) is 46.4. The number of nitrogens with zero attached hydrogens (tertiary/aromatic N) is 14. The normalized spacial score (nSPS) is 29.4. The molecule has 10 N–H and O–H groups in total. The quantitative estimate of drug-likeness (QED) is 0.0524. The van der Waals surface area contributed by atoms with Crippen LogP contribution in [0, 0.1) is 0 Å². The number of hydrogen-bond donors (Lipinski definition) is 10. The molecule has 6 aromatic heterocycles. The molecule has 0 amide bonds. The van der Waals surface area contributed by atoms with Gasteiger partial charge in [-0.25, -0.2) is 9.97 Å². The summed E-state index contributed by atoms with van der Waals surface area (Å²) < 4.78 is 3.35. The molecule has 6 heterocycles. The van der Waals surface area contributed by atoms with Gasteiger partial charge in [0.25, 0.3) is 10.9 Å². The highest BCUT2D eigenvalue weighted by atomic mass is 35.5. The van der Waals surface area contributed by atoms with Crippen molar-refractivity contribution in [3.63, 3.8) is 0 Å². The molecule has 0 bridgehead atoms. The van der Waals surface area contributed by atoms with Crippen molar-refractivity contribution in [2.75, 3.05) is 21.3 Å². The molecule has 26 nitrogen and oxygen atoms in total. The molecule has 8 atom stereocenters. The van der Waals surface area contributed by atoms with Crippen LogP contribution in [-0.2, 0) is 13.2 Å². The zero-order valence-corrected chi connectivity index (χ0v) is 38.8. The summed E-state index contributed by atoms with van der Waals surface area (Å²) in [4.78, 5) is 55.3. The fraction of sp³-hybridized carbons (Fsp3) is 0.571. The van der Waals surface area contributed by atoms with E-state index in [1.54, 1.807) is 9.13 Å². The zero-order valence-electron chi connectivity index (χ0n) is 37.2. The largest absolute Gasteiger partial charge is 0.390 e. The van der Waals surface area contributed by atoms with Crippen molar-refractivity contribution in [3.05, 3.63) is 67.5 Å². The predicted octanol–water partition coefficient (Wildman–Crippen LogP) is 0.523. The number of halogens is 2. The van der Waals surface area contributed by atoms with E-state index < -0.39 is 59.4 Å². The minimum atomic E-state index is -1.19. The van der Waals surface area contributed by atoms with Crippen LogP contribution in [0.3, 0.4) is 0 Å². The van der Waals surface area contributed by atoms with E-state index in [0.29, 0.717) is 108 Å². The second-order valence-corrected chi connectivity index (χ2v) is 19.4. The maximum Gasteiger partial charge on any atom is 0.253 e. The van der Waals surface area contributed by atoms with Gasteiger partial charge in [-0.3, -0.25) is 9.59 Å². The van der Waals surface area contributed by atoms with Crippen LogP contribution >= 0.6 is 23.2 Å². The SMILES string of the molecule is O=c1c(N[C@H]2CC[C@H](Nc3nc(Cl)nc4c3ncn4[C@@H]3C[C@H](n4ncc(CO)n4)[C@@H](O)[C@H]3O)CC2)c(N[C@H]2CC[C@H](Nc3nc(Cl)nc4c3ncn4[C@@H]3C[C@H](n4ncc(CO)n4)[C@@H](O)[C@H]3O)CC2)c1=O. The van der Waals surface area contributed by atoms with Crippen molar-refractivity contribution in [2.45, 2.75) is 150 Å². The first-order valence-corrected chi connectivity index (χ1v) is 24.1. The molecule has 0 unspecified atom stereocenters. The van der Waals surface area contributed by atoms with Crippen LogP contribution in [0.1, 0.15) is 99.8 Å². The average molecular weight is 1010 g/mol. The minimum Gasteiger partial charge on any atom is -0.390 e. The summed E-state index contributed by atoms with van der Waals surface area (Å²) in [6.07, 6.45) is 7.33. The van der Waals surface area contributed by atoms with Crippen molar-refractivity contribution < 1.29 is 30.6 Å². The molecule has 4 saturated carbocycles. The molecule has 28 heteroatoms. The molecule has 0 spiro atoms. The molecule has 7 aromatic rings. The van der Waals surface area contributed by atoms with Gasteiger partial charge in [0.05, 0.1) is 50.3 Å². The topological polar surface area (TPSA) is 352 Å². The second-order valence-electron chi connectivity index (χ2n) is 18.7. The lowest BCUT2D eigenvalue weighted by Gasteiger charge is -2.33. The fourth-order valence-electron chi connectivity index (χ4n) is 10.8. The number of hydrogen-bond acceptors (Lipinski definition) is 22. The van der Waals surface area contributed by atoms with Crippen molar-refractivity contribution in [1.29, 1.82) is 0 Å². The minimum absolute atomic E-state index is 0.0123. The number of nitrogens with one attached hydrogen (secondary N) is 4. The summed E-state index contributed by atoms with van der Waals surface area (Å²) in [5, 5.41) is 93.2. The summed E-state index contributed by atoms with van der Waals surface area (Å²) in [5.74, 6) is 0.860. The van der Waals surface area contributed by atoms with Gasteiger partial charge in [-0.1, -0.05) is 0 Å². The Labute approximate surface area is 405 Å². The third-order valence-electron chi connectivity index (χ3n) is 14.5. The van der Waals surface area contributed by atoms with Crippen molar-refractivity contribution >= 4 is 68.5 Å². The molecule has 4 aliphatic rings. The number of rotatable bonds is 14. The summed E-state index contributed by atoms with van der Waals surface area (Å²) in [6.45, 7) is -0.606. The molecule has 11 rings (SSSR count). The zero-order chi connectivity index (χ0) is 48.5. The Morgan fingerprint density at radius 1 is 0.529 bits per heavy atom. The van der Waals surface area contributed by atoms with Gasteiger partial charge in [-0.15, -0.1) is 0 Å². The van der Waals surface area contributed by atoms with E-state index in [1.807, 2.05) is 0 Å². The summed E-state index contributed by atoms with van der Waals surface area (Å²) in [6, 6.07) is -2.67. The predicted molar refractivity (Wildman–Crippen MR) is 250 cm³/mol. The Morgan fingerprint density at radius 3 is 1.24 bits per heavy atom.